The maximum Gasteiger partial charge on any atom is 0.136 e. The highest BCUT2D eigenvalue weighted by Gasteiger charge is 2.24. The molecule has 0 aliphatic carbocycles. The van der Waals surface area contributed by atoms with Gasteiger partial charge in [0.25, 0.3) is 0 Å². The van der Waals surface area contributed by atoms with E-state index in [9.17, 15) is 0 Å². The van der Waals surface area contributed by atoms with Crippen LogP contribution in [0.3, 0.4) is 0 Å². The van der Waals surface area contributed by atoms with Gasteiger partial charge in [-0.25, -0.2) is 0 Å². The van der Waals surface area contributed by atoms with Crippen molar-refractivity contribution in [2.45, 2.75) is 0 Å². The molecule has 3 nitrogen and oxygen atoms in total. The van der Waals surface area contributed by atoms with Gasteiger partial charge in [0.2, 0.25) is 0 Å². The van der Waals surface area contributed by atoms with Crippen LogP contribution in [0, 0.1) is 0 Å². The first-order chi connectivity index (χ1) is 33.2. The summed E-state index contributed by atoms with van der Waals surface area (Å²) < 4.78 is 9.08. The van der Waals surface area contributed by atoms with Crippen LogP contribution in [-0.4, -0.2) is 4.57 Å². The number of benzene rings is 11. The van der Waals surface area contributed by atoms with E-state index in [1.165, 1.54) is 38.4 Å². The van der Waals surface area contributed by atoms with Crippen LogP contribution >= 0.6 is 0 Å². The molecule has 2 heterocycles. The Kier molecular flexibility index (Phi) is 9.17. The van der Waals surface area contributed by atoms with Crippen LogP contribution in [0.25, 0.3) is 105 Å². The fraction of sp³-hybridized carbons (Fsp3) is 0. The van der Waals surface area contributed by atoms with E-state index in [1.807, 2.05) is 0 Å². The third-order valence-electron chi connectivity index (χ3n) is 13.4. The molecule has 0 fully saturated rings. The molecule has 0 bridgehead atoms. The van der Waals surface area contributed by atoms with Gasteiger partial charge in [0, 0.05) is 32.8 Å². The van der Waals surface area contributed by atoms with Crippen LogP contribution in [-0.2, 0) is 0 Å². The summed E-state index contributed by atoms with van der Waals surface area (Å²) in [6.45, 7) is 0. The average molecular weight is 855 g/mol. The van der Waals surface area contributed by atoms with Gasteiger partial charge in [-0.1, -0.05) is 188 Å². The van der Waals surface area contributed by atoms with E-state index in [-0.39, 0.29) is 0 Å². The summed E-state index contributed by atoms with van der Waals surface area (Å²) in [5.74, 6) is 0. The standard InChI is InChI=1S/C64H42N2O/c1-3-18-44(19-4-1)50-39-36-48(40-55(50)45-20-5-2-6-21-45)43-34-37-49(38-35-43)65(60-31-15-16-32-61(60)66-58-29-13-9-24-51(58)52-25-10-14-30-59(52)66)57-28-12-11-26-53(57)54-27-17-33-62-64(54)56-41-46-22-7-8-23-47(46)42-63(56)67-62/h1-42H. The number of anilines is 3. The van der Waals surface area contributed by atoms with Crippen molar-refractivity contribution in [1.82, 2.24) is 4.57 Å². The second-order valence-corrected chi connectivity index (χ2v) is 17.2. The van der Waals surface area contributed by atoms with Crippen LogP contribution in [0.5, 0.6) is 0 Å². The van der Waals surface area contributed by atoms with Gasteiger partial charge in [0.05, 0.1) is 28.1 Å². The predicted molar refractivity (Wildman–Crippen MR) is 282 cm³/mol. The minimum atomic E-state index is 0.868. The summed E-state index contributed by atoms with van der Waals surface area (Å²) in [6, 6.07) is 92.0. The Balaban J connectivity index is 1.03. The quantitative estimate of drug-likeness (QED) is 0.152. The molecule has 0 aliphatic heterocycles. The highest BCUT2D eigenvalue weighted by molar-refractivity contribution is 6.17. The molecule has 0 radical (unpaired) electrons. The zero-order chi connectivity index (χ0) is 44.3. The van der Waals surface area contributed by atoms with Crippen molar-refractivity contribution in [3.05, 3.63) is 255 Å². The number of hydrogen-bond acceptors (Lipinski definition) is 2. The maximum atomic E-state index is 6.65. The fourth-order valence-corrected chi connectivity index (χ4v) is 10.3. The van der Waals surface area contributed by atoms with E-state index < -0.39 is 0 Å². The molecule has 0 amide bonds. The lowest BCUT2D eigenvalue weighted by Crippen LogP contribution is -2.14. The molecule has 0 atom stereocenters. The van der Waals surface area contributed by atoms with Crippen molar-refractivity contribution in [3.8, 4) is 50.2 Å². The molecule has 0 spiro atoms. The lowest BCUT2D eigenvalue weighted by molar-refractivity contribution is 0.669. The number of rotatable bonds is 8. The van der Waals surface area contributed by atoms with Crippen molar-refractivity contribution < 1.29 is 4.42 Å². The topological polar surface area (TPSA) is 21.3 Å². The largest absolute Gasteiger partial charge is 0.456 e. The van der Waals surface area contributed by atoms with Crippen LogP contribution in [0.1, 0.15) is 0 Å². The number of furan rings is 1. The Labute approximate surface area is 388 Å². The molecule has 2 aromatic heterocycles. The van der Waals surface area contributed by atoms with Crippen molar-refractivity contribution >= 4 is 71.6 Å². The van der Waals surface area contributed by atoms with Gasteiger partial charge >= 0.3 is 0 Å². The molecule has 11 aromatic carbocycles. The van der Waals surface area contributed by atoms with Gasteiger partial charge in [0.1, 0.15) is 11.2 Å². The second kappa shape index (κ2) is 16.0. The second-order valence-electron chi connectivity index (χ2n) is 17.2. The lowest BCUT2D eigenvalue weighted by Gasteiger charge is -2.30. The predicted octanol–water partition coefficient (Wildman–Crippen LogP) is 18.0. The van der Waals surface area contributed by atoms with Crippen molar-refractivity contribution in [2.24, 2.45) is 0 Å². The van der Waals surface area contributed by atoms with Crippen LogP contribution in [0.2, 0.25) is 0 Å². The average Bonchev–Trinajstić information content (AvgIpc) is 3.94. The van der Waals surface area contributed by atoms with Crippen LogP contribution in [0.15, 0.2) is 259 Å². The van der Waals surface area contributed by atoms with Crippen molar-refractivity contribution in [2.75, 3.05) is 4.90 Å². The molecule has 3 heteroatoms. The van der Waals surface area contributed by atoms with Gasteiger partial charge < -0.3 is 13.9 Å². The van der Waals surface area contributed by atoms with Crippen LogP contribution in [0.4, 0.5) is 17.1 Å². The van der Waals surface area contributed by atoms with Crippen molar-refractivity contribution in [3.63, 3.8) is 0 Å². The minimum Gasteiger partial charge on any atom is -0.456 e. The van der Waals surface area contributed by atoms with E-state index in [0.717, 1.165) is 83.4 Å². The lowest BCUT2D eigenvalue weighted by atomic mass is 9.91. The molecule has 0 saturated carbocycles. The summed E-state index contributed by atoms with van der Waals surface area (Å²) >= 11 is 0. The van der Waals surface area contributed by atoms with Gasteiger partial charge in [-0.2, -0.15) is 0 Å². The molecular formula is C64H42N2O. The zero-order valence-electron chi connectivity index (χ0n) is 36.6. The van der Waals surface area contributed by atoms with E-state index in [4.69, 9.17) is 4.42 Å². The van der Waals surface area contributed by atoms with E-state index in [1.54, 1.807) is 0 Å². The maximum absolute atomic E-state index is 6.65. The first kappa shape index (κ1) is 38.5. The molecule has 13 aromatic rings. The van der Waals surface area contributed by atoms with E-state index in [0.29, 0.717) is 0 Å². The highest BCUT2D eigenvalue weighted by atomic mass is 16.3. The van der Waals surface area contributed by atoms with Gasteiger partial charge in [-0.3, -0.25) is 0 Å². The Morgan fingerprint density at radius 3 is 1.61 bits per heavy atom. The van der Waals surface area contributed by atoms with E-state index >= 15 is 0 Å². The summed E-state index contributed by atoms with van der Waals surface area (Å²) in [5, 5.41) is 7.01. The monoisotopic (exact) mass is 854 g/mol. The normalized spacial score (nSPS) is 11.6. The van der Waals surface area contributed by atoms with Gasteiger partial charge in [-0.15, -0.1) is 0 Å². The first-order valence-corrected chi connectivity index (χ1v) is 22.9. The van der Waals surface area contributed by atoms with Gasteiger partial charge in [-0.05, 0) is 116 Å². The summed E-state index contributed by atoms with van der Waals surface area (Å²) in [6.07, 6.45) is 0. The number of fused-ring (bicyclic) bond motifs is 7. The Morgan fingerprint density at radius 2 is 0.881 bits per heavy atom. The highest BCUT2D eigenvalue weighted by Crippen LogP contribution is 2.48. The molecular weight excluding hydrogens is 813 g/mol. The molecule has 0 unspecified atom stereocenters. The smallest absolute Gasteiger partial charge is 0.136 e. The van der Waals surface area contributed by atoms with Gasteiger partial charge in [0.15, 0.2) is 0 Å². The Hall–Kier alpha value is -8.92. The zero-order valence-corrected chi connectivity index (χ0v) is 36.6. The summed E-state index contributed by atoms with van der Waals surface area (Å²) in [7, 11) is 0. The Bertz CT molecular complexity index is 3920. The summed E-state index contributed by atoms with van der Waals surface area (Å²) in [4.78, 5) is 2.45. The first-order valence-electron chi connectivity index (χ1n) is 22.9. The van der Waals surface area contributed by atoms with Crippen molar-refractivity contribution in [1.29, 1.82) is 0 Å². The number of nitrogens with zero attached hydrogens (tertiary/aromatic N) is 2. The fourth-order valence-electron chi connectivity index (χ4n) is 10.3. The van der Waals surface area contributed by atoms with Crippen LogP contribution < -0.4 is 4.90 Å². The minimum absolute atomic E-state index is 0.868. The molecule has 67 heavy (non-hydrogen) atoms. The number of para-hydroxylation sites is 5. The third-order valence-corrected chi connectivity index (χ3v) is 13.4. The molecule has 0 aliphatic rings. The summed E-state index contributed by atoms with van der Waals surface area (Å²) in [5.41, 5.74) is 17.7. The molecule has 0 saturated heterocycles. The Morgan fingerprint density at radius 1 is 0.313 bits per heavy atom. The molecule has 314 valence electrons. The third kappa shape index (κ3) is 6.51. The van der Waals surface area contributed by atoms with E-state index in [2.05, 4.69) is 264 Å². The molecule has 0 N–H and O–H groups in total. The number of hydrogen-bond donors (Lipinski definition) is 0. The number of aromatic nitrogens is 1. The molecule has 13 rings (SSSR count). The SMILES string of the molecule is c1ccc(-c2ccc(-c3ccc(N(c4ccccc4-c4cccc5oc6cc7ccccc7cc6c45)c4ccccc4-n4c5ccccc5c5ccccc54)cc3)cc2-c2ccccc2)cc1.